The first-order valence-corrected chi connectivity index (χ1v) is 9.35. The summed E-state index contributed by atoms with van der Waals surface area (Å²) in [5.41, 5.74) is -0.124. The maximum Gasteiger partial charge on any atom is 0.416 e. The third-order valence-electron chi connectivity index (χ3n) is 4.37. The molecule has 0 spiro atoms. The molecule has 0 fully saturated rings. The molecule has 164 valence electrons. The van der Waals surface area contributed by atoms with Crippen LogP contribution in [-0.2, 0) is 12.7 Å². The average Bonchev–Trinajstić information content (AvgIpc) is 3.23. The molecule has 8 nitrogen and oxygen atoms in total. The molecule has 1 atom stereocenters. The van der Waals surface area contributed by atoms with Crippen molar-refractivity contribution in [2.45, 2.75) is 38.7 Å². The van der Waals surface area contributed by atoms with Crippen LogP contribution in [0.15, 0.2) is 48.8 Å². The van der Waals surface area contributed by atoms with Crippen molar-refractivity contribution in [3.63, 3.8) is 0 Å². The average molecular weight is 435 g/mol. The van der Waals surface area contributed by atoms with Crippen molar-refractivity contribution in [3.8, 4) is 5.75 Å². The van der Waals surface area contributed by atoms with E-state index < -0.39 is 22.7 Å². The number of rotatable bonds is 8. The van der Waals surface area contributed by atoms with Gasteiger partial charge in [0.2, 0.25) is 0 Å². The summed E-state index contributed by atoms with van der Waals surface area (Å²) >= 11 is 0. The van der Waals surface area contributed by atoms with Crippen LogP contribution in [0.2, 0.25) is 0 Å². The second-order valence-corrected chi connectivity index (χ2v) is 7.02. The Hall–Kier alpha value is -3.47. The van der Waals surface area contributed by atoms with Crippen LogP contribution in [0.5, 0.6) is 5.75 Å². The number of halogens is 3. The fraction of sp³-hybridized carbons (Fsp3) is 0.300. The van der Waals surface area contributed by atoms with Gasteiger partial charge in [0.1, 0.15) is 17.9 Å². The van der Waals surface area contributed by atoms with Gasteiger partial charge in [-0.05, 0) is 37.6 Å². The minimum atomic E-state index is -4.50. The van der Waals surface area contributed by atoms with E-state index in [2.05, 4.69) is 20.5 Å². The molecule has 0 aliphatic heterocycles. The number of nitro groups is 1. The molecule has 0 unspecified atom stereocenters. The Balaban J connectivity index is 1.94. The van der Waals surface area contributed by atoms with E-state index in [0.29, 0.717) is 22.7 Å². The number of aromatic amines is 1. The number of nitrogens with zero attached hydrogens (tertiary/aromatic N) is 3. The molecule has 0 saturated heterocycles. The van der Waals surface area contributed by atoms with E-state index in [1.165, 1.54) is 36.7 Å². The second kappa shape index (κ2) is 9.13. The quantitative estimate of drug-likeness (QED) is 0.401. The van der Waals surface area contributed by atoms with Crippen molar-refractivity contribution in [2.75, 3.05) is 0 Å². The molecule has 3 rings (SSSR count). The molecule has 2 aromatic carbocycles. The van der Waals surface area contributed by atoms with E-state index in [-0.39, 0.29) is 18.3 Å². The molecule has 0 saturated carbocycles. The number of hydrogen-bond donors (Lipinski definition) is 2. The smallest absolute Gasteiger partial charge is 0.416 e. The molecule has 0 aliphatic carbocycles. The minimum absolute atomic E-state index is 0.0747. The first-order valence-electron chi connectivity index (χ1n) is 9.35. The molecule has 11 heteroatoms. The zero-order valence-electron chi connectivity index (χ0n) is 16.7. The first kappa shape index (κ1) is 22.2. The summed E-state index contributed by atoms with van der Waals surface area (Å²) in [6.45, 7) is 3.71. The minimum Gasteiger partial charge on any atom is -0.491 e. The van der Waals surface area contributed by atoms with Gasteiger partial charge < -0.3 is 4.74 Å². The number of hydrogen-bond acceptors (Lipinski definition) is 6. The highest BCUT2D eigenvalue weighted by atomic mass is 19.4. The van der Waals surface area contributed by atoms with Gasteiger partial charge in [-0.3, -0.25) is 20.5 Å². The van der Waals surface area contributed by atoms with Crippen LogP contribution >= 0.6 is 0 Å². The van der Waals surface area contributed by atoms with Crippen LogP contribution in [-0.4, -0.2) is 26.2 Å². The summed E-state index contributed by atoms with van der Waals surface area (Å²) in [4.78, 5) is 14.7. The molecule has 3 aromatic rings. The molecule has 1 aromatic heterocycles. The molecule has 0 amide bonds. The van der Waals surface area contributed by atoms with E-state index in [0.717, 1.165) is 12.1 Å². The Labute approximate surface area is 175 Å². The number of non-ortho nitro benzene ring substituents is 1. The van der Waals surface area contributed by atoms with E-state index in [4.69, 9.17) is 4.74 Å². The highest BCUT2D eigenvalue weighted by molar-refractivity contribution is 5.44. The van der Waals surface area contributed by atoms with Crippen molar-refractivity contribution >= 4 is 5.69 Å². The van der Waals surface area contributed by atoms with Gasteiger partial charge in [0.05, 0.1) is 22.6 Å². The number of alkyl halides is 3. The van der Waals surface area contributed by atoms with Gasteiger partial charge in [-0.15, -0.1) is 0 Å². The predicted octanol–water partition coefficient (Wildman–Crippen LogP) is 4.40. The van der Waals surface area contributed by atoms with E-state index in [1.807, 2.05) is 13.8 Å². The van der Waals surface area contributed by atoms with Gasteiger partial charge in [0, 0.05) is 24.2 Å². The monoisotopic (exact) mass is 435 g/mol. The lowest BCUT2D eigenvalue weighted by Gasteiger charge is -2.20. The Morgan fingerprint density at radius 2 is 2.00 bits per heavy atom. The van der Waals surface area contributed by atoms with Gasteiger partial charge >= 0.3 is 6.18 Å². The SMILES string of the molecule is CC(C)Oc1ccc([N+](=O)[O-])cc1CN[C@H](c1cccc(C(F)(F)F)c1)c1ncn[nH]1. The molecule has 0 bridgehead atoms. The molecular weight excluding hydrogens is 415 g/mol. The van der Waals surface area contributed by atoms with Crippen molar-refractivity contribution in [3.05, 3.63) is 81.4 Å². The third-order valence-corrected chi connectivity index (χ3v) is 4.37. The lowest BCUT2D eigenvalue weighted by molar-refractivity contribution is -0.384. The number of aromatic nitrogens is 3. The fourth-order valence-electron chi connectivity index (χ4n) is 3.02. The summed E-state index contributed by atoms with van der Waals surface area (Å²) < 4.78 is 45.3. The van der Waals surface area contributed by atoms with E-state index >= 15 is 0 Å². The normalized spacial score (nSPS) is 12.7. The molecule has 2 N–H and O–H groups in total. The maximum absolute atomic E-state index is 13.2. The number of H-pyrrole nitrogens is 1. The van der Waals surface area contributed by atoms with Gasteiger partial charge in [0.15, 0.2) is 0 Å². The number of benzene rings is 2. The predicted molar refractivity (Wildman–Crippen MR) is 105 cm³/mol. The Kier molecular flexibility index (Phi) is 6.54. The lowest BCUT2D eigenvalue weighted by atomic mass is 10.0. The molecule has 0 aliphatic rings. The van der Waals surface area contributed by atoms with Gasteiger partial charge in [-0.2, -0.15) is 18.3 Å². The molecular formula is C20H20F3N5O3. The highest BCUT2D eigenvalue weighted by Crippen LogP contribution is 2.32. The number of nitrogens with one attached hydrogen (secondary N) is 2. The van der Waals surface area contributed by atoms with Crippen molar-refractivity contribution in [1.29, 1.82) is 0 Å². The van der Waals surface area contributed by atoms with Crippen molar-refractivity contribution in [1.82, 2.24) is 20.5 Å². The van der Waals surface area contributed by atoms with E-state index in [9.17, 15) is 23.3 Å². The van der Waals surface area contributed by atoms with Gasteiger partial charge in [0.25, 0.3) is 5.69 Å². The standard InChI is InChI=1S/C20H20F3N5O3/c1-12(2)31-17-7-6-16(28(29)30)9-14(17)10-24-18(19-25-11-26-27-19)13-4-3-5-15(8-13)20(21,22)23/h3-9,11-12,18,24H,10H2,1-2H3,(H,25,26,27)/t18-/m1/s1. The van der Waals surface area contributed by atoms with Crippen molar-refractivity contribution in [2.24, 2.45) is 0 Å². The van der Waals surface area contributed by atoms with Crippen LogP contribution in [0.3, 0.4) is 0 Å². The Bertz CT molecular complexity index is 1040. The zero-order valence-corrected chi connectivity index (χ0v) is 16.7. The fourth-order valence-corrected chi connectivity index (χ4v) is 3.02. The summed E-state index contributed by atoms with van der Waals surface area (Å²) in [7, 11) is 0. The molecule has 31 heavy (non-hydrogen) atoms. The zero-order chi connectivity index (χ0) is 22.6. The van der Waals surface area contributed by atoms with E-state index in [1.54, 1.807) is 0 Å². The third kappa shape index (κ3) is 5.57. The Morgan fingerprint density at radius 3 is 2.61 bits per heavy atom. The number of nitro benzene ring substituents is 1. The van der Waals surface area contributed by atoms with Crippen LogP contribution in [0, 0.1) is 10.1 Å². The maximum atomic E-state index is 13.2. The van der Waals surface area contributed by atoms with Gasteiger partial charge in [-0.1, -0.05) is 12.1 Å². The largest absolute Gasteiger partial charge is 0.491 e. The highest BCUT2D eigenvalue weighted by Gasteiger charge is 2.31. The molecule has 1 heterocycles. The van der Waals surface area contributed by atoms with Crippen molar-refractivity contribution < 1.29 is 22.8 Å². The summed E-state index contributed by atoms with van der Waals surface area (Å²) in [5.74, 6) is 0.740. The van der Waals surface area contributed by atoms with Crippen LogP contribution in [0.1, 0.15) is 42.4 Å². The Morgan fingerprint density at radius 1 is 1.23 bits per heavy atom. The summed E-state index contributed by atoms with van der Waals surface area (Å²) in [5, 5.41) is 20.7. The second-order valence-electron chi connectivity index (χ2n) is 7.02. The molecule has 0 radical (unpaired) electrons. The lowest BCUT2D eigenvalue weighted by Crippen LogP contribution is -2.24. The number of ether oxygens (including phenoxy) is 1. The van der Waals surface area contributed by atoms with Crippen LogP contribution < -0.4 is 10.1 Å². The van der Waals surface area contributed by atoms with Crippen LogP contribution in [0.4, 0.5) is 18.9 Å². The van der Waals surface area contributed by atoms with Crippen LogP contribution in [0.25, 0.3) is 0 Å². The summed E-state index contributed by atoms with van der Waals surface area (Å²) in [6.07, 6.45) is -3.42. The summed E-state index contributed by atoms with van der Waals surface area (Å²) in [6, 6.07) is 8.29. The van der Waals surface area contributed by atoms with Gasteiger partial charge in [-0.25, -0.2) is 4.98 Å². The topological polar surface area (TPSA) is 106 Å². The first-order chi connectivity index (χ1) is 14.6.